The maximum absolute atomic E-state index is 14.1. The Labute approximate surface area is 190 Å². The smallest absolute Gasteiger partial charge is 0.431 e. The highest BCUT2D eigenvalue weighted by Crippen LogP contribution is 2.36. The lowest BCUT2D eigenvalue weighted by Gasteiger charge is -2.27. The van der Waals surface area contributed by atoms with Crippen molar-refractivity contribution in [2.24, 2.45) is 11.0 Å². The van der Waals surface area contributed by atoms with E-state index in [-0.39, 0.29) is 12.6 Å². The van der Waals surface area contributed by atoms with E-state index >= 15 is 0 Å². The van der Waals surface area contributed by atoms with Crippen molar-refractivity contribution in [3.05, 3.63) is 29.8 Å². The van der Waals surface area contributed by atoms with Crippen LogP contribution >= 0.6 is 0 Å². The summed E-state index contributed by atoms with van der Waals surface area (Å²) in [6.07, 6.45) is -4.20. The molecule has 0 bridgehead atoms. The summed E-state index contributed by atoms with van der Waals surface area (Å²) in [7, 11) is 5.03. The lowest BCUT2D eigenvalue weighted by Crippen LogP contribution is -2.37. The van der Waals surface area contributed by atoms with E-state index < -0.39 is 42.1 Å². The quantitative estimate of drug-likeness (QED) is 0.293. The summed E-state index contributed by atoms with van der Waals surface area (Å²) in [5.74, 6) is -4.38. The number of methoxy groups -OCH3 is 4. The molecule has 0 amide bonds. The molecule has 1 saturated heterocycles. The first-order chi connectivity index (χ1) is 15.7. The van der Waals surface area contributed by atoms with Crippen LogP contribution in [-0.2, 0) is 23.8 Å². The van der Waals surface area contributed by atoms with Gasteiger partial charge in [0.15, 0.2) is 5.92 Å². The van der Waals surface area contributed by atoms with Crippen molar-refractivity contribution in [2.45, 2.75) is 37.4 Å². The second-order valence-corrected chi connectivity index (χ2v) is 7.57. The number of alkyl halides is 3. The zero-order chi connectivity index (χ0) is 24.6. The molecule has 1 aromatic rings. The molecule has 2 rings (SSSR count). The highest BCUT2D eigenvalue weighted by Gasteiger charge is 2.44. The number of rotatable bonds is 10. The zero-order valence-corrected chi connectivity index (χ0v) is 19.1. The Hall–Kier alpha value is -2.82. The van der Waals surface area contributed by atoms with Gasteiger partial charge in [-0.05, 0) is 30.5 Å². The Morgan fingerprint density at radius 1 is 1.09 bits per heavy atom. The summed E-state index contributed by atoms with van der Waals surface area (Å²) in [6.45, 7) is 0.585. The number of hydrogen-bond donors (Lipinski definition) is 0. The van der Waals surface area contributed by atoms with Crippen molar-refractivity contribution in [2.75, 3.05) is 41.6 Å². The lowest BCUT2D eigenvalue weighted by atomic mass is 9.81. The predicted octanol–water partition coefficient (Wildman–Crippen LogP) is 3.16. The Kier molecular flexibility index (Phi) is 9.51. The molecule has 0 saturated carbocycles. The molecule has 0 unspecified atom stereocenters. The minimum atomic E-state index is -4.79. The molecule has 0 spiro atoms. The van der Waals surface area contributed by atoms with Crippen molar-refractivity contribution >= 4 is 17.7 Å². The Morgan fingerprint density at radius 2 is 1.70 bits per heavy atom. The fraction of sp³-hybridized carbons (Fsp3) is 0.591. The number of nitrogens with zero attached hydrogens (tertiary/aromatic N) is 2. The van der Waals surface area contributed by atoms with E-state index in [4.69, 9.17) is 18.9 Å². The SMILES string of the molecule is COC[C@@H]1CCCN1/N=C(/C[C@@H](c1ccc(OC)cc1)C(C(=O)OC)C(=O)OC)C(F)(F)F. The maximum atomic E-state index is 14.1. The highest BCUT2D eigenvalue weighted by molar-refractivity contribution is 5.98. The molecule has 0 aromatic heterocycles. The van der Waals surface area contributed by atoms with Crippen LogP contribution in [0.2, 0.25) is 0 Å². The second-order valence-electron chi connectivity index (χ2n) is 7.57. The minimum Gasteiger partial charge on any atom is -0.497 e. The number of carbonyl (C=O) groups excluding carboxylic acids is 2. The van der Waals surface area contributed by atoms with Crippen LogP contribution in [0, 0.1) is 5.92 Å². The van der Waals surface area contributed by atoms with E-state index in [2.05, 4.69) is 5.10 Å². The van der Waals surface area contributed by atoms with Crippen LogP contribution in [0.25, 0.3) is 0 Å². The van der Waals surface area contributed by atoms with Gasteiger partial charge in [0, 0.05) is 26.0 Å². The van der Waals surface area contributed by atoms with Gasteiger partial charge in [0.1, 0.15) is 11.5 Å². The number of hydrazone groups is 1. The average Bonchev–Trinajstić information content (AvgIpc) is 3.23. The van der Waals surface area contributed by atoms with E-state index in [1.54, 1.807) is 0 Å². The van der Waals surface area contributed by atoms with Gasteiger partial charge in [-0.15, -0.1) is 0 Å². The van der Waals surface area contributed by atoms with E-state index in [0.29, 0.717) is 30.7 Å². The van der Waals surface area contributed by atoms with Crippen LogP contribution in [0.1, 0.15) is 30.7 Å². The molecule has 8 nitrogen and oxygen atoms in total. The molecule has 0 N–H and O–H groups in total. The molecule has 1 aliphatic rings. The summed E-state index contributed by atoms with van der Waals surface area (Å²) < 4.78 is 61.8. The molecular weight excluding hydrogens is 445 g/mol. The molecule has 184 valence electrons. The van der Waals surface area contributed by atoms with Gasteiger partial charge >= 0.3 is 18.1 Å². The van der Waals surface area contributed by atoms with Crippen LogP contribution < -0.4 is 4.74 Å². The maximum Gasteiger partial charge on any atom is 0.431 e. The van der Waals surface area contributed by atoms with Crippen LogP contribution in [0.15, 0.2) is 29.4 Å². The van der Waals surface area contributed by atoms with Gasteiger partial charge in [0.25, 0.3) is 0 Å². The first kappa shape index (κ1) is 26.4. The molecule has 11 heteroatoms. The number of ether oxygens (including phenoxy) is 4. The van der Waals surface area contributed by atoms with Crippen LogP contribution in [-0.4, -0.2) is 76.5 Å². The Morgan fingerprint density at radius 3 is 2.18 bits per heavy atom. The number of benzene rings is 1. The van der Waals surface area contributed by atoms with Crippen molar-refractivity contribution in [3.8, 4) is 5.75 Å². The molecule has 1 heterocycles. The third kappa shape index (κ3) is 6.83. The Bertz CT molecular complexity index is 812. The summed E-state index contributed by atoms with van der Waals surface area (Å²) in [4.78, 5) is 24.9. The third-order valence-corrected chi connectivity index (χ3v) is 5.55. The topological polar surface area (TPSA) is 86.7 Å². The van der Waals surface area contributed by atoms with Gasteiger partial charge < -0.3 is 18.9 Å². The zero-order valence-electron chi connectivity index (χ0n) is 19.1. The molecule has 33 heavy (non-hydrogen) atoms. The van der Waals surface area contributed by atoms with Crippen molar-refractivity contribution in [1.82, 2.24) is 5.01 Å². The summed E-state index contributed by atoms with van der Waals surface area (Å²) in [6, 6.07) is 5.78. The molecule has 0 aliphatic carbocycles. The fourth-order valence-electron chi connectivity index (χ4n) is 3.85. The van der Waals surface area contributed by atoms with Crippen molar-refractivity contribution < 1.29 is 41.7 Å². The number of carbonyl (C=O) groups is 2. The predicted molar refractivity (Wildman–Crippen MR) is 113 cm³/mol. The number of esters is 2. The average molecular weight is 474 g/mol. The molecule has 2 atom stereocenters. The summed E-state index contributed by atoms with van der Waals surface area (Å²) in [5, 5.41) is 5.28. The molecule has 1 fully saturated rings. The van der Waals surface area contributed by atoms with Gasteiger partial charge in [-0.25, -0.2) is 0 Å². The van der Waals surface area contributed by atoms with Crippen LogP contribution in [0.4, 0.5) is 13.2 Å². The Balaban J connectivity index is 2.53. The van der Waals surface area contributed by atoms with E-state index in [9.17, 15) is 22.8 Å². The minimum absolute atomic E-state index is 0.240. The van der Waals surface area contributed by atoms with Gasteiger partial charge in [-0.1, -0.05) is 12.1 Å². The molecule has 1 aliphatic heterocycles. The molecule has 1 aromatic carbocycles. The van der Waals surface area contributed by atoms with Gasteiger partial charge in [-0.3, -0.25) is 14.6 Å². The van der Waals surface area contributed by atoms with Gasteiger partial charge in [0.05, 0.1) is 34.0 Å². The lowest BCUT2D eigenvalue weighted by molar-refractivity contribution is -0.160. The highest BCUT2D eigenvalue weighted by atomic mass is 19.4. The number of hydrogen-bond acceptors (Lipinski definition) is 8. The molecule has 0 radical (unpaired) electrons. The van der Waals surface area contributed by atoms with Crippen LogP contribution in [0.5, 0.6) is 5.75 Å². The summed E-state index contributed by atoms with van der Waals surface area (Å²) >= 11 is 0. The second kappa shape index (κ2) is 11.9. The normalized spacial score (nSPS) is 17.8. The van der Waals surface area contributed by atoms with Crippen molar-refractivity contribution in [1.29, 1.82) is 0 Å². The fourth-order valence-corrected chi connectivity index (χ4v) is 3.85. The van der Waals surface area contributed by atoms with E-state index in [0.717, 1.165) is 14.2 Å². The largest absolute Gasteiger partial charge is 0.497 e. The summed E-state index contributed by atoms with van der Waals surface area (Å²) in [5.41, 5.74) is -0.799. The first-order valence-electron chi connectivity index (χ1n) is 10.4. The third-order valence-electron chi connectivity index (χ3n) is 5.55. The standard InChI is InChI=1S/C22H29F3N2O6/c1-30-13-15-6-5-11-27(15)26-18(22(23,24)25)12-17(14-7-9-16(31-2)10-8-14)19(20(28)32-3)21(29)33-4/h7-10,15,17,19H,5-6,11-13H2,1-4H3/b26-18-/t15-,17-/m0/s1. The van der Waals surface area contributed by atoms with E-state index in [1.807, 2.05) is 0 Å². The van der Waals surface area contributed by atoms with Gasteiger partial charge in [0.2, 0.25) is 0 Å². The van der Waals surface area contributed by atoms with Crippen molar-refractivity contribution in [3.63, 3.8) is 0 Å². The molecular formula is C22H29F3N2O6. The first-order valence-corrected chi connectivity index (χ1v) is 10.4. The monoisotopic (exact) mass is 474 g/mol. The van der Waals surface area contributed by atoms with E-state index in [1.165, 1.54) is 43.5 Å². The van der Waals surface area contributed by atoms with Crippen LogP contribution in [0.3, 0.4) is 0 Å². The number of halogens is 3. The van der Waals surface area contributed by atoms with Gasteiger partial charge in [-0.2, -0.15) is 18.3 Å².